The van der Waals surface area contributed by atoms with Crippen molar-refractivity contribution in [1.29, 1.82) is 0 Å². The van der Waals surface area contributed by atoms with Crippen LogP contribution in [0.15, 0.2) is 132 Å². The summed E-state index contributed by atoms with van der Waals surface area (Å²) in [5, 5.41) is 19.2. The molecule has 112 heavy (non-hydrogen) atoms. The molecule has 1 aliphatic heterocycles. The fraction of sp³-hybridized carbons (Fsp3) is 0.344. The molecular weight excluding hydrogens is 1390 g/mol. The highest BCUT2D eigenvalue weighted by molar-refractivity contribution is 6.27. The van der Waals surface area contributed by atoms with Crippen LogP contribution >= 0.6 is 0 Å². The standard InChI is InChI=1S/C27H25N3O.3C22H24N4O/c1-15-9-10-18-7-5-6-8-21(18)24(15)22-13-20(25-16(2)29-31-17(25)3)14-23-26(22)30(4)27(28-23)19-11-12-19;1-11-10-23-12(2)19(11)17-8-16(20-13(3)25-27-14(20)4)9-18-21(17)26(5)22(24-18)15-6-7-15;1-12-8-9-25(4)20(12)17-10-16(19-13(2)24-27-14(19)3)11-18-21(17)26(5)22(23-18)15-6-7-15;1-11-10-23-12(2)19(11)17-8-16(20-13(3)26-27-14(20)4)9-18-21(17)25-22(24-18)15-6-5-7-15/h5-10,13-14,19H,11-12H2,1-4H3;8-10,15,23H,6-7H2,1-5H3;8-11,15H,6-7H2,1-5H3;8-9,15H,5-7,10H2,1-4H3,(H,24,25). The minimum atomic E-state index is 0.571. The lowest BCUT2D eigenvalue weighted by molar-refractivity contribution is 0.393. The minimum Gasteiger partial charge on any atom is -0.364 e. The molecule has 0 amide bonds. The molecule has 6 aromatic carbocycles. The summed E-state index contributed by atoms with van der Waals surface area (Å²) in [4.78, 5) is 31.9. The number of H-pyrrole nitrogens is 2. The smallest absolute Gasteiger partial charge is 0.141 e. The lowest BCUT2D eigenvalue weighted by atomic mass is 9.85. The van der Waals surface area contributed by atoms with Crippen LogP contribution in [0.1, 0.15) is 192 Å². The van der Waals surface area contributed by atoms with Crippen LogP contribution in [0.3, 0.4) is 0 Å². The van der Waals surface area contributed by atoms with Crippen molar-refractivity contribution < 1.29 is 18.1 Å². The second kappa shape index (κ2) is 27.6. The Morgan fingerprint density at radius 1 is 0.420 bits per heavy atom. The lowest BCUT2D eigenvalue weighted by Crippen LogP contribution is -2.10. The Hall–Kier alpha value is -11.7. The Balaban J connectivity index is 0.000000104. The van der Waals surface area contributed by atoms with Crippen LogP contribution in [-0.4, -0.2) is 81.1 Å². The first-order chi connectivity index (χ1) is 54.0. The minimum absolute atomic E-state index is 0.571. The summed E-state index contributed by atoms with van der Waals surface area (Å²) in [5.74, 6) is 10.5. The SMILES string of the molecule is CC1=NCC(C)=C1c1cc(-c2c(C)noc2C)cc2[nH]c(C3CCC3)nc12.Cc1c[nH]c(C)c1-c1cc(-c2c(C)noc2C)cc2nc(C3CC3)n(C)c12.Cc1ccc2ccccc2c1-c1cc(-c2c(C)noc2C)cc2nc(C3CC3)n(C)c12.Cc1ccn(C)c1-c1cc(-c2c(C)noc2C)cc2nc(C3CC3)n(C)c12. The quantitative estimate of drug-likeness (QED) is 0.117. The maximum absolute atomic E-state index is 5.50. The second-order valence-electron chi connectivity index (χ2n) is 32.5. The van der Waals surface area contributed by atoms with Crippen molar-refractivity contribution in [3.63, 3.8) is 0 Å². The second-order valence-corrected chi connectivity index (χ2v) is 32.5. The first kappa shape index (κ1) is 71.9. The lowest BCUT2D eigenvalue weighted by Gasteiger charge is -2.22. The van der Waals surface area contributed by atoms with E-state index >= 15 is 0 Å². The fourth-order valence-electron chi connectivity index (χ4n) is 18.1. The van der Waals surface area contributed by atoms with Crippen LogP contribution in [0.4, 0.5) is 0 Å². The van der Waals surface area contributed by atoms with Crippen LogP contribution in [0, 0.1) is 83.1 Å². The van der Waals surface area contributed by atoms with Crippen molar-refractivity contribution in [2.45, 2.75) is 178 Å². The largest absolute Gasteiger partial charge is 0.364 e. The van der Waals surface area contributed by atoms with Gasteiger partial charge in [-0.2, -0.15) is 0 Å². The van der Waals surface area contributed by atoms with Gasteiger partial charge in [-0.25, -0.2) is 19.9 Å². The van der Waals surface area contributed by atoms with Crippen LogP contribution in [0.5, 0.6) is 0 Å². The maximum Gasteiger partial charge on any atom is 0.141 e. The van der Waals surface area contributed by atoms with E-state index in [0.29, 0.717) is 23.7 Å². The topological polar surface area (TPSA) is 219 Å². The summed E-state index contributed by atoms with van der Waals surface area (Å²) in [6, 6.07) is 33.1. The van der Waals surface area contributed by atoms with Gasteiger partial charge in [0, 0.05) is 131 Å². The summed E-state index contributed by atoms with van der Waals surface area (Å²) < 4.78 is 30.9. The number of aromatic amines is 2. The molecule has 568 valence electrons. The van der Waals surface area contributed by atoms with Gasteiger partial charge < -0.3 is 46.3 Å². The van der Waals surface area contributed by atoms with Crippen LogP contribution in [0.25, 0.3) is 138 Å². The van der Waals surface area contributed by atoms with Crippen molar-refractivity contribution in [3.8, 4) is 78.0 Å². The van der Waals surface area contributed by atoms with Crippen LogP contribution in [0.2, 0.25) is 0 Å². The van der Waals surface area contributed by atoms with Gasteiger partial charge in [0.2, 0.25) is 0 Å². The van der Waals surface area contributed by atoms with Gasteiger partial charge in [0.1, 0.15) is 46.3 Å². The average molecular weight is 1490 g/mol. The first-order valence-electron chi connectivity index (χ1n) is 39.7. The van der Waals surface area contributed by atoms with E-state index in [2.05, 4.69) is 227 Å². The number of aromatic nitrogens is 14. The third-order valence-electron chi connectivity index (χ3n) is 24.3. The van der Waals surface area contributed by atoms with Gasteiger partial charge in [0.25, 0.3) is 0 Å². The Bertz CT molecular complexity index is 6240. The molecule has 0 saturated heterocycles. The van der Waals surface area contributed by atoms with E-state index in [-0.39, 0.29) is 0 Å². The average Bonchev–Trinajstić information content (AvgIpc) is 1.56. The van der Waals surface area contributed by atoms with E-state index in [1.165, 1.54) is 175 Å². The summed E-state index contributed by atoms with van der Waals surface area (Å²) in [7, 11) is 8.58. The van der Waals surface area contributed by atoms with Gasteiger partial charge in [0.05, 0.1) is 79.1 Å². The molecule has 4 saturated carbocycles. The molecule has 2 N–H and O–H groups in total. The highest BCUT2D eigenvalue weighted by Crippen LogP contribution is 2.49. The predicted octanol–water partition coefficient (Wildman–Crippen LogP) is 22.6. The van der Waals surface area contributed by atoms with Gasteiger partial charge >= 0.3 is 0 Å². The number of imidazole rings is 4. The highest BCUT2D eigenvalue weighted by atomic mass is 16.5. The summed E-state index contributed by atoms with van der Waals surface area (Å²) in [5.41, 5.74) is 38.5. The van der Waals surface area contributed by atoms with Gasteiger partial charge in [0.15, 0.2) is 0 Å². The number of hydrogen-bond donors (Lipinski definition) is 2. The van der Waals surface area contributed by atoms with Crippen molar-refractivity contribution in [2.75, 3.05) is 6.54 Å². The zero-order valence-corrected chi connectivity index (χ0v) is 67.6. The zero-order chi connectivity index (χ0) is 77.7. The number of benzene rings is 6. The number of rotatable bonds is 12. The monoisotopic (exact) mass is 1490 g/mol. The van der Waals surface area contributed by atoms with Crippen molar-refractivity contribution >= 4 is 66.2 Å². The molecule has 19 nitrogen and oxygen atoms in total. The number of nitrogens with zero attached hydrogens (tertiary/aromatic N) is 13. The third kappa shape index (κ3) is 12.4. The van der Waals surface area contributed by atoms with Gasteiger partial charge in [-0.15, -0.1) is 0 Å². The first-order valence-corrected chi connectivity index (χ1v) is 39.7. The molecule has 4 aliphatic carbocycles. The number of aliphatic imine (C=N–C) groups is 1. The number of aryl methyl sites for hydroxylation is 16. The number of fused-ring (bicyclic) bond motifs is 5. The van der Waals surface area contributed by atoms with E-state index in [1.54, 1.807) is 0 Å². The Morgan fingerprint density at radius 2 is 0.875 bits per heavy atom. The summed E-state index contributed by atoms with van der Waals surface area (Å²) in [6.45, 7) is 29.6. The summed E-state index contributed by atoms with van der Waals surface area (Å²) >= 11 is 0. The van der Waals surface area contributed by atoms with Crippen LogP contribution in [-0.2, 0) is 28.2 Å². The molecule has 0 unspecified atom stereocenters. The molecule has 19 heteroatoms. The van der Waals surface area contributed by atoms with Gasteiger partial charge in [-0.3, -0.25) is 4.99 Å². The fourth-order valence-corrected chi connectivity index (χ4v) is 18.1. The third-order valence-corrected chi connectivity index (χ3v) is 24.3. The number of hydrogen-bond acceptors (Lipinski definition) is 13. The molecule has 16 aromatic rings. The molecule has 0 radical (unpaired) electrons. The van der Waals surface area contributed by atoms with E-state index in [0.717, 1.165) is 136 Å². The maximum atomic E-state index is 5.50. The van der Waals surface area contributed by atoms with Crippen molar-refractivity contribution in [1.82, 2.24) is 68.8 Å². The number of nitrogens with one attached hydrogen (secondary N) is 2. The van der Waals surface area contributed by atoms with E-state index in [1.807, 2.05) is 55.4 Å². The summed E-state index contributed by atoms with van der Waals surface area (Å²) in [6.07, 6.45) is 15.4. The highest BCUT2D eigenvalue weighted by Gasteiger charge is 2.35. The predicted molar refractivity (Wildman–Crippen MR) is 447 cm³/mol. The normalized spacial score (nSPS) is 15.1. The van der Waals surface area contributed by atoms with Crippen molar-refractivity contribution in [2.24, 2.45) is 33.2 Å². The number of allylic oxidation sites excluding steroid dienone is 1. The van der Waals surface area contributed by atoms with E-state index in [4.69, 9.17) is 38.0 Å². The van der Waals surface area contributed by atoms with Gasteiger partial charge in [-0.1, -0.05) is 63.4 Å². The van der Waals surface area contributed by atoms with Crippen molar-refractivity contribution in [3.05, 3.63) is 206 Å². The van der Waals surface area contributed by atoms with Crippen LogP contribution < -0.4 is 0 Å². The molecular formula is C93H97N15O4. The molecule has 5 aliphatic rings. The molecule has 21 rings (SSSR count). The molecule has 11 heterocycles. The Kier molecular flexibility index (Phi) is 17.7. The van der Waals surface area contributed by atoms with E-state index in [9.17, 15) is 0 Å². The molecule has 4 fully saturated rings. The Morgan fingerprint density at radius 3 is 1.29 bits per heavy atom. The molecule has 0 bridgehead atoms. The Labute approximate surface area is 651 Å². The molecule has 0 spiro atoms. The van der Waals surface area contributed by atoms with E-state index < -0.39 is 0 Å². The molecule has 10 aromatic heterocycles. The molecule has 0 atom stereocenters. The zero-order valence-electron chi connectivity index (χ0n) is 67.6. The van der Waals surface area contributed by atoms with Gasteiger partial charge in [-0.05, 0) is 264 Å².